The van der Waals surface area contributed by atoms with E-state index in [1.165, 1.54) is 0 Å². The van der Waals surface area contributed by atoms with E-state index in [0.29, 0.717) is 6.42 Å². The molecule has 0 aromatic carbocycles. The van der Waals surface area contributed by atoms with Crippen LogP contribution >= 0.6 is 0 Å². The number of carbonyl (C=O) groups is 1. The van der Waals surface area contributed by atoms with Crippen molar-refractivity contribution in [3.63, 3.8) is 0 Å². The second-order valence-corrected chi connectivity index (χ2v) is 4.04. The zero-order valence-electron chi connectivity index (χ0n) is 10.7. The summed E-state index contributed by atoms with van der Waals surface area (Å²) in [6, 6.07) is 1.88. The van der Waals surface area contributed by atoms with E-state index >= 15 is 0 Å². The fraction of sp³-hybridized carbons (Fsp3) is 0.500. The number of hydrogen-bond donors (Lipinski definition) is 2. The van der Waals surface area contributed by atoms with Gasteiger partial charge in [0.15, 0.2) is 0 Å². The Labute approximate surface area is 102 Å². The predicted octanol–water partition coefficient (Wildman–Crippen LogP) is 1.09. The fourth-order valence-electron chi connectivity index (χ4n) is 1.51. The summed E-state index contributed by atoms with van der Waals surface area (Å²) in [5, 5.41) is 5.90. The van der Waals surface area contributed by atoms with Crippen molar-refractivity contribution >= 4 is 17.3 Å². The van der Waals surface area contributed by atoms with Gasteiger partial charge >= 0.3 is 0 Å². The van der Waals surface area contributed by atoms with Gasteiger partial charge in [0.25, 0.3) is 0 Å². The Balaban J connectivity index is 2.58. The monoisotopic (exact) mass is 236 g/mol. The summed E-state index contributed by atoms with van der Waals surface area (Å²) in [4.78, 5) is 17.6. The number of nitrogens with zero attached hydrogens (tertiary/aromatic N) is 2. The highest BCUT2D eigenvalue weighted by Crippen LogP contribution is 2.22. The molecule has 0 saturated carbocycles. The summed E-state index contributed by atoms with van der Waals surface area (Å²) in [5.41, 5.74) is 1.72. The van der Waals surface area contributed by atoms with Gasteiger partial charge in [-0.1, -0.05) is 0 Å². The van der Waals surface area contributed by atoms with Crippen molar-refractivity contribution in [1.82, 2.24) is 10.3 Å². The van der Waals surface area contributed by atoms with Crippen LogP contribution in [0.3, 0.4) is 0 Å². The summed E-state index contributed by atoms with van der Waals surface area (Å²) >= 11 is 0. The van der Waals surface area contributed by atoms with Gasteiger partial charge in [0, 0.05) is 26.7 Å². The maximum absolute atomic E-state index is 11.7. The third-order valence-corrected chi connectivity index (χ3v) is 2.38. The van der Waals surface area contributed by atoms with E-state index in [9.17, 15) is 4.79 Å². The van der Waals surface area contributed by atoms with Gasteiger partial charge in [-0.2, -0.15) is 0 Å². The minimum Gasteiger partial charge on any atom is -0.376 e. The molecule has 5 nitrogen and oxygen atoms in total. The van der Waals surface area contributed by atoms with Gasteiger partial charge < -0.3 is 15.5 Å². The van der Waals surface area contributed by atoms with Crippen molar-refractivity contribution in [1.29, 1.82) is 0 Å². The van der Waals surface area contributed by atoms with Crippen LogP contribution < -0.4 is 15.5 Å². The Bertz CT molecular complexity index is 365. The summed E-state index contributed by atoms with van der Waals surface area (Å²) in [7, 11) is 5.75. The number of anilines is 2. The summed E-state index contributed by atoms with van der Waals surface area (Å²) in [5.74, 6) is 0.0244. The van der Waals surface area contributed by atoms with Crippen molar-refractivity contribution < 1.29 is 4.79 Å². The molecule has 1 aromatic rings. The topological polar surface area (TPSA) is 57.3 Å². The maximum atomic E-state index is 11.7. The second-order valence-electron chi connectivity index (χ2n) is 4.04. The molecule has 0 spiro atoms. The van der Waals surface area contributed by atoms with E-state index in [1.807, 2.05) is 32.1 Å². The molecule has 0 aliphatic rings. The number of hydrogen-bond acceptors (Lipinski definition) is 4. The molecule has 5 heteroatoms. The van der Waals surface area contributed by atoms with Crippen molar-refractivity contribution in [3.05, 3.63) is 18.5 Å². The average molecular weight is 236 g/mol. The predicted molar refractivity (Wildman–Crippen MR) is 70.4 cm³/mol. The van der Waals surface area contributed by atoms with Crippen LogP contribution in [0.5, 0.6) is 0 Å². The van der Waals surface area contributed by atoms with Gasteiger partial charge in [0.2, 0.25) is 5.91 Å². The molecule has 1 rings (SSSR count). The Morgan fingerprint density at radius 2 is 2.24 bits per heavy atom. The SMILES string of the molecule is CNCCCC(=O)Nc1cnccc1N(C)C. The zero-order valence-corrected chi connectivity index (χ0v) is 10.7. The van der Waals surface area contributed by atoms with Crippen LogP contribution in [0.1, 0.15) is 12.8 Å². The van der Waals surface area contributed by atoms with Crippen molar-refractivity contribution in [2.24, 2.45) is 0 Å². The second kappa shape index (κ2) is 6.85. The lowest BCUT2D eigenvalue weighted by atomic mass is 10.2. The summed E-state index contributed by atoms with van der Waals surface area (Å²) in [6.07, 6.45) is 4.74. The van der Waals surface area contributed by atoms with Crippen LogP contribution in [0.4, 0.5) is 11.4 Å². The van der Waals surface area contributed by atoms with E-state index in [1.54, 1.807) is 12.4 Å². The normalized spacial score (nSPS) is 10.1. The molecule has 1 amide bonds. The first-order chi connectivity index (χ1) is 8.15. The number of carbonyl (C=O) groups excluding carboxylic acids is 1. The number of amides is 1. The molecule has 0 aliphatic carbocycles. The third kappa shape index (κ3) is 4.40. The first-order valence-electron chi connectivity index (χ1n) is 5.71. The minimum atomic E-state index is 0.0244. The van der Waals surface area contributed by atoms with Crippen LogP contribution in [0, 0.1) is 0 Å². The number of nitrogens with one attached hydrogen (secondary N) is 2. The van der Waals surface area contributed by atoms with E-state index < -0.39 is 0 Å². The van der Waals surface area contributed by atoms with Crippen molar-refractivity contribution in [3.8, 4) is 0 Å². The van der Waals surface area contributed by atoms with Crippen LogP contribution in [0.25, 0.3) is 0 Å². The lowest BCUT2D eigenvalue weighted by Gasteiger charge is -2.17. The molecule has 0 fully saturated rings. The van der Waals surface area contributed by atoms with Crippen LogP contribution in [0.2, 0.25) is 0 Å². The van der Waals surface area contributed by atoms with E-state index in [-0.39, 0.29) is 5.91 Å². The molecule has 2 N–H and O–H groups in total. The smallest absolute Gasteiger partial charge is 0.224 e. The number of pyridine rings is 1. The highest BCUT2D eigenvalue weighted by atomic mass is 16.1. The Morgan fingerprint density at radius 1 is 1.47 bits per heavy atom. The van der Waals surface area contributed by atoms with Gasteiger partial charge in [-0.15, -0.1) is 0 Å². The van der Waals surface area contributed by atoms with Gasteiger partial charge in [-0.05, 0) is 26.1 Å². The first kappa shape index (κ1) is 13.4. The fourth-order valence-corrected chi connectivity index (χ4v) is 1.51. The van der Waals surface area contributed by atoms with Crippen LogP contribution in [-0.2, 0) is 4.79 Å². The van der Waals surface area contributed by atoms with Crippen molar-refractivity contribution in [2.75, 3.05) is 37.9 Å². The number of aromatic nitrogens is 1. The standard InChI is InChI=1S/C12H20N4O/c1-13-7-4-5-12(17)15-10-9-14-8-6-11(10)16(2)3/h6,8-9,13H,4-5,7H2,1-3H3,(H,15,17). The molecule has 0 bridgehead atoms. The maximum Gasteiger partial charge on any atom is 0.224 e. The first-order valence-corrected chi connectivity index (χ1v) is 5.71. The molecule has 0 radical (unpaired) electrons. The van der Waals surface area contributed by atoms with Gasteiger partial charge in [-0.25, -0.2) is 0 Å². The van der Waals surface area contributed by atoms with E-state index in [0.717, 1.165) is 24.3 Å². The lowest BCUT2D eigenvalue weighted by Crippen LogP contribution is -2.18. The minimum absolute atomic E-state index is 0.0244. The van der Waals surface area contributed by atoms with Gasteiger partial charge in [0.1, 0.15) is 0 Å². The largest absolute Gasteiger partial charge is 0.376 e. The Hall–Kier alpha value is -1.62. The molecular weight excluding hydrogens is 216 g/mol. The highest BCUT2D eigenvalue weighted by Gasteiger charge is 2.07. The van der Waals surface area contributed by atoms with Crippen LogP contribution in [0.15, 0.2) is 18.5 Å². The molecule has 0 atom stereocenters. The highest BCUT2D eigenvalue weighted by molar-refractivity contribution is 5.93. The lowest BCUT2D eigenvalue weighted by molar-refractivity contribution is -0.116. The summed E-state index contributed by atoms with van der Waals surface area (Å²) in [6.45, 7) is 0.848. The van der Waals surface area contributed by atoms with E-state index in [4.69, 9.17) is 0 Å². The molecule has 1 aromatic heterocycles. The molecule has 0 aliphatic heterocycles. The summed E-state index contributed by atoms with van der Waals surface area (Å²) < 4.78 is 0. The van der Waals surface area contributed by atoms with Crippen LogP contribution in [-0.4, -0.2) is 38.6 Å². The molecule has 0 unspecified atom stereocenters. The van der Waals surface area contributed by atoms with Crippen molar-refractivity contribution in [2.45, 2.75) is 12.8 Å². The van der Waals surface area contributed by atoms with Gasteiger partial charge in [0.05, 0.1) is 17.6 Å². The Kier molecular flexibility index (Phi) is 5.42. The molecule has 0 saturated heterocycles. The number of rotatable bonds is 6. The molecular formula is C12H20N4O. The molecule has 17 heavy (non-hydrogen) atoms. The van der Waals surface area contributed by atoms with Gasteiger partial charge in [-0.3, -0.25) is 9.78 Å². The van der Waals surface area contributed by atoms with E-state index in [2.05, 4.69) is 15.6 Å². The Morgan fingerprint density at radius 3 is 2.88 bits per heavy atom. The zero-order chi connectivity index (χ0) is 12.7. The molecule has 1 heterocycles. The quantitative estimate of drug-likeness (QED) is 0.726. The third-order valence-electron chi connectivity index (χ3n) is 2.38. The average Bonchev–Trinajstić information content (AvgIpc) is 2.29. The molecule has 94 valence electrons.